The molecule has 0 aliphatic heterocycles. The zero-order valence-corrected chi connectivity index (χ0v) is 4.67. The Labute approximate surface area is 66.6 Å². The van der Waals surface area contributed by atoms with Crippen LogP contribution < -0.4 is 0 Å². The molecule has 0 nitrogen and oxygen atoms in total. The first-order valence-electron chi connectivity index (χ1n) is 2.61. The van der Waals surface area contributed by atoms with Crippen molar-refractivity contribution >= 4 is 23.7 Å². The second-order valence-corrected chi connectivity index (χ2v) is 1.61. The molecule has 0 radical (unpaired) electrons. The van der Waals surface area contributed by atoms with Gasteiger partial charge in [-0.05, 0) is 5.56 Å². The summed E-state index contributed by atoms with van der Waals surface area (Å²) in [4.78, 5) is 0. The first-order chi connectivity index (χ1) is 3.93. The molecule has 1 heteroatoms. The first-order valence-corrected chi connectivity index (χ1v) is 2.61. The van der Waals surface area contributed by atoms with Crippen molar-refractivity contribution in [1.29, 1.82) is 0 Å². The summed E-state index contributed by atoms with van der Waals surface area (Å²) in [5.41, 5.74) is 1.17. The molecule has 0 saturated heterocycles. The Morgan fingerprint density at radius 1 is 1.11 bits per heavy atom. The van der Waals surface area contributed by atoms with E-state index in [0.29, 0.717) is 0 Å². The maximum atomic E-state index is 3.63. The predicted molar refractivity (Wildman–Crippen MR) is 47.9 cm³/mol. The summed E-state index contributed by atoms with van der Waals surface area (Å²) in [6, 6.07) is 10.0. The second kappa shape index (κ2) is 4.39. The van der Waals surface area contributed by atoms with Crippen molar-refractivity contribution in [2.24, 2.45) is 0 Å². The van der Waals surface area contributed by atoms with E-state index in [0.717, 1.165) is 0 Å². The van der Waals surface area contributed by atoms with Gasteiger partial charge in [0.2, 0.25) is 0 Å². The van der Waals surface area contributed by atoms with E-state index in [4.69, 9.17) is 0 Å². The zero-order valence-electron chi connectivity index (χ0n) is 4.67. The summed E-state index contributed by atoms with van der Waals surface area (Å²) in [7, 11) is 0. The monoisotopic (exact) mass is 182 g/mol. The summed E-state index contributed by atoms with van der Waals surface area (Å²) in [5.74, 6) is 0. The molecule has 1 aromatic carbocycles. The summed E-state index contributed by atoms with van der Waals surface area (Å²) in [5, 5.41) is 0. The Bertz CT molecular complexity index is 167. The fraction of sp³-hybridized carbons (Fsp3) is 0. The maximum absolute atomic E-state index is 3.63. The van der Waals surface area contributed by atoms with Crippen LogP contribution in [0, 0.1) is 0 Å². The number of rotatable bonds is 1. The molecule has 0 spiro atoms. The standard InChI is InChI=1S/C8H8.GeH4/c1-2-8-6-4-3-5-7-8;/h2-7H,1H2;1H4. The molecule has 0 aromatic heterocycles. The van der Waals surface area contributed by atoms with E-state index in [2.05, 4.69) is 6.58 Å². The summed E-state index contributed by atoms with van der Waals surface area (Å²) in [6.07, 6.45) is 1.83. The minimum atomic E-state index is 0. The van der Waals surface area contributed by atoms with E-state index in [-0.39, 0.29) is 17.6 Å². The molecule has 0 atom stereocenters. The molecule has 0 unspecified atom stereocenters. The van der Waals surface area contributed by atoms with Crippen molar-refractivity contribution in [1.82, 2.24) is 0 Å². The normalized spacial score (nSPS) is 7.56. The van der Waals surface area contributed by atoms with Crippen LogP contribution in [0.15, 0.2) is 36.9 Å². The number of benzene rings is 1. The van der Waals surface area contributed by atoms with Gasteiger partial charge in [0.05, 0.1) is 0 Å². The summed E-state index contributed by atoms with van der Waals surface area (Å²) < 4.78 is 0. The van der Waals surface area contributed by atoms with Crippen molar-refractivity contribution in [2.45, 2.75) is 0 Å². The van der Waals surface area contributed by atoms with Crippen molar-refractivity contribution in [3.05, 3.63) is 42.5 Å². The molecule has 0 aliphatic carbocycles. The van der Waals surface area contributed by atoms with E-state index < -0.39 is 0 Å². The molecule has 0 bridgehead atoms. The molecule has 0 fully saturated rings. The Hall–Kier alpha value is -0.497. The topological polar surface area (TPSA) is 0 Å². The van der Waals surface area contributed by atoms with Crippen LogP contribution >= 0.6 is 0 Å². The molecular weight excluding hydrogens is 169 g/mol. The minimum absolute atomic E-state index is 0. The summed E-state index contributed by atoms with van der Waals surface area (Å²) in [6.45, 7) is 3.63. The fourth-order valence-corrected chi connectivity index (χ4v) is 0.589. The van der Waals surface area contributed by atoms with Gasteiger partial charge in [0.15, 0.2) is 0 Å². The van der Waals surface area contributed by atoms with Gasteiger partial charge in [-0.1, -0.05) is 43.0 Å². The molecule has 9 heavy (non-hydrogen) atoms. The van der Waals surface area contributed by atoms with Gasteiger partial charge in [-0.25, -0.2) is 0 Å². The predicted octanol–water partition coefficient (Wildman–Crippen LogP) is 0.878. The molecule has 0 N–H and O–H groups in total. The SMILES string of the molecule is C=Cc1ccccc1.[GeH4]. The van der Waals surface area contributed by atoms with Crippen molar-refractivity contribution < 1.29 is 0 Å². The number of hydrogen-bond donors (Lipinski definition) is 0. The fourth-order valence-electron chi connectivity index (χ4n) is 0.589. The zero-order chi connectivity index (χ0) is 5.82. The van der Waals surface area contributed by atoms with Crippen LogP contribution in [0.5, 0.6) is 0 Å². The van der Waals surface area contributed by atoms with E-state index in [1.807, 2.05) is 36.4 Å². The van der Waals surface area contributed by atoms with E-state index in [9.17, 15) is 0 Å². The van der Waals surface area contributed by atoms with Gasteiger partial charge in [0.25, 0.3) is 0 Å². The van der Waals surface area contributed by atoms with Gasteiger partial charge in [0, 0.05) is 0 Å². The second-order valence-electron chi connectivity index (χ2n) is 1.61. The molecule has 0 aliphatic rings. The quantitative estimate of drug-likeness (QED) is 0.563. The number of hydrogen-bond acceptors (Lipinski definition) is 0. The van der Waals surface area contributed by atoms with Crippen molar-refractivity contribution in [3.8, 4) is 0 Å². The van der Waals surface area contributed by atoms with E-state index >= 15 is 0 Å². The summed E-state index contributed by atoms with van der Waals surface area (Å²) >= 11 is 0. The molecule has 0 saturated carbocycles. The Morgan fingerprint density at radius 3 is 2.00 bits per heavy atom. The van der Waals surface area contributed by atoms with Crippen LogP contribution in [-0.2, 0) is 0 Å². The molecule has 1 rings (SSSR count). The van der Waals surface area contributed by atoms with Gasteiger partial charge < -0.3 is 0 Å². The molecule has 0 amide bonds. The van der Waals surface area contributed by atoms with E-state index in [1.54, 1.807) is 0 Å². The van der Waals surface area contributed by atoms with Crippen LogP contribution in [0.2, 0.25) is 0 Å². The van der Waals surface area contributed by atoms with Gasteiger partial charge >= 0.3 is 17.6 Å². The van der Waals surface area contributed by atoms with Crippen molar-refractivity contribution in [2.75, 3.05) is 0 Å². The van der Waals surface area contributed by atoms with Gasteiger partial charge in [-0.3, -0.25) is 0 Å². The molecule has 1 aromatic rings. The van der Waals surface area contributed by atoms with E-state index in [1.165, 1.54) is 5.56 Å². The van der Waals surface area contributed by atoms with Crippen LogP contribution in [0.25, 0.3) is 6.08 Å². The average molecular weight is 181 g/mol. The Kier molecular flexibility index (Phi) is 4.15. The van der Waals surface area contributed by atoms with Crippen molar-refractivity contribution in [3.63, 3.8) is 0 Å². The Balaban J connectivity index is 0.000000640. The molecule has 48 valence electrons. The first kappa shape index (κ1) is 8.50. The van der Waals surface area contributed by atoms with Gasteiger partial charge in [0.1, 0.15) is 0 Å². The average Bonchev–Trinajstić information content (AvgIpc) is 1.90. The van der Waals surface area contributed by atoms with Crippen LogP contribution in [0.3, 0.4) is 0 Å². The van der Waals surface area contributed by atoms with Gasteiger partial charge in [-0.2, -0.15) is 0 Å². The van der Waals surface area contributed by atoms with Crippen LogP contribution in [0.4, 0.5) is 0 Å². The third-order valence-corrected chi connectivity index (χ3v) is 1.04. The molecule has 0 heterocycles. The van der Waals surface area contributed by atoms with Crippen LogP contribution in [0.1, 0.15) is 5.56 Å². The van der Waals surface area contributed by atoms with Crippen LogP contribution in [-0.4, -0.2) is 17.6 Å². The Morgan fingerprint density at radius 2 is 1.67 bits per heavy atom. The third kappa shape index (κ3) is 2.52. The molecular formula is C8H12Ge. The third-order valence-electron chi connectivity index (χ3n) is 1.04. The van der Waals surface area contributed by atoms with Gasteiger partial charge in [-0.15, -0.1) is 0 Å².